The van der Waals surface area contributed by atoms with Crippen LogP contribution in [0.4, 0.5) is 24.0 Å². The van der Waals surface area contributed by atoms with Crippen molar-refractivity contribution in [3.63, 3.8) is 0 Å². The maximum absolute atomic E-state index is 13.1. The normalized spacial score (nSPS) is 15.1. The number of halogens is 4. The largest absolute Gasteiger partial charge is 0.452 e. The quantitative estimate of drug-likeness (QED) is 0.637. The van der Waals surface area contributed by atoms with E-state index in [1.807, 2.05) is 0 Å². The Balaban J connectivity index is 1.58. The highest BCUT2D eigenvalue weighted by Crippen LogP contribution is 2.36. The smallest absolute Gasteiger partial charge is 0.418 e. The van der Waals surface area contributed by atoms with E-state index in [1.54, 1.807) is 10.3 Å². The first-order valence-corrected chi connectivity index (χ1v) is 10.4. The molecule has 2 aromatic rings. The van der Waals surface area contributed by atoms with Gasteiger partial charge in [0.2, 0.25) is 5.91 Å². The van der Waals surface area contributed by atoms with Crippen LogP contribution in [0.5, 0.6) is 0 Å². The number of amides is 2. The van der Waals surface area contributed by atoms with Gasteiger partial charge in [0.1, 0.15) is 0 Å². The third kappa shape index (κ3) is 5.73. The fourth-order valence-corrected chi connectivity index (χ4v) is 3.93. The number of carbonyl (C=O) groups excluding carboxylic acids is 3. The van der Waals surface area contributed by atoms with E-state index in [-0.39, 0.29) is 17.4 Å². The van der Waals surface area contributed by atoms with Crippen LogP contribution in [0.2, 0.25) is 5.02 Å². The predicted octanol–water partition coefficient (Wildman–Crippen LogP) is 4.06. The Labute approximate surface area is 184 Å². The molecule has 0 aliphatic carbocycles. The summed E-state index contributed by atoms with van der Waals surface area (Å²) in [5, 5.41) is 4.06. The van der Waals surface area contributed by atoms with Gasteiger partial charge in [0.15, 0.2) is 11.2 Å². The molecule has 0 spiro atoms. The second kappa shape index (κ2) is 9.23. The van der Waals surface area contributed by atoms with Crippen molar-refractivity contribution >= 4 is 51.5 Å². The number of rotatable bonds is 6. The number of nitrogens with zero attached hydrogens (tertiary/aromatic N) is 2. The highest BCUT2D eigenvalue weighted by Gasteiger charge is 2.35. The molecule has 1 N–H and O–H groups in total. The van der Waals surface area contributed by atoms with Crippen LogP contribution in [0.25, 0.3) is 0 Å². The molecule has 0 saturated carbocycles. The zero-order valence-corrected chi connectivity index (χ0v) is 17.7. The second-order valence-electron chi connectivity index (χ2n) is 6.76. The molecule has 1 atom stereocenters. The molecule has 1 aliphatic rings. The van der Waals surface area contributed by atoms with Gasteiger partial charge in [0.25, 0.3) is 5.91 Å². The summed E-state index contributed by atoms with van der Waals surface area (Å²) in [4.78, 5) is 41.9. The second-order valence-corrected chi connectivity index (χ2v) is 8.03. The molecule has 7 nitrogen and oxygen atoms in total. The van der Waals surface area contributed by atoms with Crippen LogP contribution in [-0.2, 0) is 31.7 Å². The Morgan fingerprint density at radius 3 is 2.77 bits per heavy atom. The number of hydrogen-bond donors (Lipinski definition) is 1. The van der Waals surface area contributed by atoms with Gasteiger partial charge in [0, 0.05) is 23.4 Å². The molecule has 1 aromatic heterocycles. The van der Waals surface area contributed by atoms with E-state index in [9.17, 15) is 27.6 Å². The summed E-state index contributed by atoms with van der Waals surface area (Å²) in [5.74, 6) is -1.74. The van der Waals surface area contributed by atoms with E-state index < -0.39 is 35.4 Å². The minimum absolute atomic E-state index is 0.0332. The standard InChI is InChI=1S/C19H17ClF3N3O4S/c1-10(17(29)25-14-5-4-11(20)7-13(14)19(21,22)23)30-16(28)8-12-9-31-18(24-12)26-6-2-3-15(26)27/h4-5,7,9-10H,2-3,6,8H2,1H3,(H,25,29). The zero-order chi connectivity index (χ0) is 22.8. The van der Waals surface area contributed by atoms with Gasteiger partial charge in [0.05, 0.1) is 23.4 Å². The van der Waals surface area contributed by atoms with Crippen molar-refractivity contribution in [3.8, 4) is 0 Å². The lowest BCUT2D eigenvalue weighted by atomic mass is 10.1. The number of ether oxygens (including phenoxy) is 1. The SMILES string of the molecule is CC(OC(=O)Cc1csc(N2CCCC2=O)n1)C(=O)Nc1ccc(Cl)cc1C(F)(F)F. The van der Waals surface area contributed by atoms with Gasteiger partial charge < -0.3 is 10.1 Å². The number of alkyl halides is 3. The number of carbonyl (C=O) groups is 3. The summed E-state index contributed by atoms with van der Waals surface area (Å²) < 4.78 is 44.5. The number of thiazole rings is 1. The van der Waals surface area contributed by atoms with E-state index in [0.717, 1.165) is 12.5 Å². The van der Waals surface area contributed by atoms with Crippen molar-refractivity contribution in [2.24, 2.45) is 0 Å². The first-order valence-electron chi connectivity index (χ1n) is 9.16. The fourth-order valence-electron chi connectivity index (χ4n) is 2.89. The van der Waals surface area contributed by atoms with Crippen molar-refractivity contribution in [1.29, 1.82) is 0 Å². The van der Waals surface area contributed by atoms with Crippen LogP contribution in [0.15, 0.2) is 23.6 Å². The molecule has 1 fully saturated rings. The molecule has 1 saturated heterocycles. The highest BCUT2D eigenvalue weighted by atomic mass is 35.5. The molecule has 3 rings (SSSR count). The lowest BCUT2D eigenvalue weighted by Gasteiger charge is -2.17. The molecule has 1 unspecified atom stereocenters. The van der Waals surface area contributed by atoms with E-state index in [0.29, 0.717) is 29.9 Å². The Hall–Kier alpha value is -2.66. The number of esters is 1. The molecule has 166 valence electrons. The first-order chi connectivity index (χ1) is 14.5. The van der Waals surface area contributed by atoms with Gasteiger partial charge in [-0.25, -0.2) is 4.98 Å². The molecular weight excluding hydrogens is 459 g/mol. The third-order valence-corrected chi connectivity index (χ3v) is 5.54. The van der Waals surface area contributed by atoms with Crippen LogP contribution in [0.3, 0.4) is 0 Å². The number of benzene rings is 1. The van der Waals surface area contributed by atoms with Crippen LogP contribution in [0, 0.1) is 0 Å². The van der Waals surface area contributed by atoms with Crippen molar-refractivity contribution < 1.29 is 32.3 Å². The molecule has 31 heavy (non-hydrogen) atoms. The number of anilines is 2. The highest BCUT2D eigenvalue weighted by molar-refractivity contribution is 7.14. The Kier molecular flexibility index (Phi) is 6.85. The Morgan fingerprint density at radius 1 is 1.39 bits per heavy atom. The molecule has 12 heteroatoms. The van der Waals surface area contributed by atoms with Crippen molar-refractivity contribution in [3.05, 3.63) is 39.9 Å². The number of nitrogens with one attached hydrogen (secondary N) is 1. The molecular formula is C19H17ClF3N3O4S. The lowest BCUT2D eigenvalue weighted by molar-refractivity contribution is -0.152. The number of aromatic nitrogens is 1. The summed E-state index contributed by atoms with van der Waals surface area (Å²) in [6, 6.07) is 2.92. The summed E-state index contributed by atoms with van der Waals surface area (Å²) in [6.45, 7) is 1.81. The predicted molar refractivity (Wildman–Crippen MR) is 108 cm³/mol. The van der Waals surface area contributed by atoms with E-state index >= 15 is 0 Å². The summed E-state index contributed by atoms with van der Waals surface area (Å²) in [6.07, 6.45) is -5.13. The zero-order valence-electron chi connectivity index (χ0n) is 16.2. The van der Waals surface area contributed by atoms with Crippen molar-refractivity contribution in [2.75, 3.05) is 16.8 Å². The Bertz CT molecular complexity index is 1010. The van der Waals surface area contributed by atoms with Crippen molar-refractivity contribution in [2.45, 2.75) is 38.5 Å². The van der Waals surface area contributed by atoms with Gasteiger partial charge >= 0.3 is 12.1 Å². The average Bonchev–Trinajstić information content (AvgIpc) is 3.30. The fraction of sp³-hybridized carbons (Fsp3) is 0.368. The lowest BCUT2D eigenvalue weighted by Crippen LogP contribution is -2.31. The van der Waals surface area contributed by atoms with E-state index in [2.05, 4.69) is 10.3 Å². The minimum Gasteiger partial charge on any atom is -0.452 e. The van der Waals surface area contributed by atoms with Gasteiger partial charge in [-0.3, -0.25) is 19.3 Å². The van der Waals surface area contributed by atoms with Crippen LogP contribution >= 0.6 is 22.9 Å². The monoisotopic (exact) mass is 475 g/mol. The Morgan fingerprint density at radius 2 is 2.13 bits per heavy atom. The molecule has 2 amide bonds. The first kappa shape index (κ1) is 23.0. The summed E-state index contributed by atoms with van der Waals surface area (Å²) in [5.41, 5.74) is -1.24. The number of hydrogen-bond acceptors (Lipinski definition) is 6. The molecule has 0 bridgehead atoms. The van der Waals surface area contributed by atoms with Gasteiger partial charge in [-0.15, -0.1) is 11.3 Å². The topological polar surface area (TPSA) is 88.6 Å². The summed E-state index contributed by atoms with van der Waals surface area (Å²) in [7, 11) is 0. The molecule has 1 aromatic carbocycles. The van der Waals surface area contributed by atoms with Gasteiger partial charge in [-0.1, -0.05) is 11.6 Å². The summed E-state index contributed by atoms with van der Waals surface area (Å²) >= 11 is 6.82. The molecule has 2 heterocycles. The maximum atomic E-state index is 13.1. The third-order valence-electron chi connectivity index (χ3n) is 4.39. The van der Waals surface area contributed by atoms with Crippen LogP contribution in [0.1, 0.15) is 31.0 Å². The van der Waals surface area contributed by atoms with Crippen molar-refractivity contribution in [1.82, 2.24) is 4.98 Å². The molecule has 1 aliphatic heterocycles. The average molecular weight is 476 g/mol. The van der Waals surface area contributed by atoms with E-state index in [1.165, 1.54) is 24.3 Å². The van der Waals surface area contributed by atoms with Gasteiger partial charge in [-0.05, 0) is 31.5 Å². The maximum Gasteiger partial charge on any atom is 0.418 e. The van der Waals surface area contributed by atoms with E-state index in [4.69, 9.17) is 16.3 Å². The molecule has 0 radical (unpaired) electrons. The van der Waals surface area contributed by atoms with Crippen LogP contribution in [-0.4, -0.2) is 35.4 Å². The van der Waals surface area contributed by atoms with Crippen LogP contribution < -0.4 is 10.2 Å². The van der Waals surface area contributed by atoms with Gasteiger partial charge in [-0.2, -0.15) is 13.2 Å². The minimum atomic E-state index is -4.73.